The van der Waals surface area contributed by atoms with Crippen LogP contribution in [0.15, 0.2) is 48.6 Å². The van der Waals surface area contributed by atoms with E-state index in [-0.39, 0.29) is 24.7 Å². The van der Waals surface area contributed by atoms with Crippen LogP contribution in [0, 0.1) is 0 Å². The summed E-state index contributed by atoms with van der Waals surface area (Å²) in [6.45, 7) is 3.01. The van der Waals surface area contributed by atoms with Crippen LogP contribution in [0.5, 0.6) is 11.5 Å². The second-order valence-electron chi connectivity index (χ2n) is 7.36. The van der Waals surface area contributed by atoms with E-state index in [1.54, 1.807) is 36.4 Å². The zero-order chi connectivity index (χ0) is 23.0. The van der Waals surface area contributed by atoms with Crippen molar-refractivity contribution >= 4 is 12.2 Å². The number of phenolic OH excluding ortho intramolecular Hbond substituents is 2. The minimum Gasteiger partial charge on any atom is -0.508 e. The number of ether oxygens (including phenoxy) is 1. The molecule has 0 saturated carbocycles. The molecule has 168 valence electrons. The number of rotatable bonds is 10. The van der Waals surface area contributed by atoms with Crippen LogP contribution < -0.4 is 0 Å². The zero-order valence-electron chi connectivity index (χ0n) is 17.6. The Morgan fingerprint density at radius 3 is 1.45 bits per heavy atom. The quantitative estimate of drug-likeness (QED) is 0.341. The molecule has 0 aliphatic carbocycles. The molecule has 4 atom stereocenters. The third-order valence-corrected chi connectivity index (χ3v) is 4.80. The average Bonchev–Trinajstić information content (AvgIpc) is 2.72. The fourth-order valence-electron chi connectivity index (χ4n) is 2.79. The zero-order valence-corrected chi connectivity index (χ0v) is 17.6. The Hall–Kier alpha value is -2.68. The third-order valence-electron chi connectivity index (χ3n) is 4.80. The number of hydrogen-bond donors (Lipinski definition) is 6. The number of aliphatic hydroxyl groups excluding tert-OH is 4. The second-order valence-corrected chi connectivity index (χ2v) is 7.36. The maximum atomic E-state index is 10.2. The van der Waals surface area contributed by atoms with Crippen molar-refractivity contribution in [2.75, 3.05) is 0 Å². The molecule has 2 aromatic carbocycles. The average molecular weight is 430 g/mol. The van der Waals surface area contributed by atoms with E-state index in [1.165, 1.54) is 38.1 Å². The van der Waals surface area contributed by atoms with E-state index in [9.17, 15) is 30.6 Å². The van der Waals surface area contributed by atoms with Crippen LogP contribution in [0.2, 0.25) is 0 Å². The van der Waals surface area contributed by atoms with Gasteiger partial charge in [-0.1, -0.05) is 48.6 Å². The summed E-state index contributed by atoms with van der Waals surface area (Å²) in [5.74, 6) is 0.0392. The van der Waals surface area contributed by atoms with Crippen molar-refractivity contribution in [2.24, 2.45) is 0 Å². The van der Waals surface area contributed by atoms with E-state index in [1.807, 2.05) is 0 Å². The first-order chi connectivity index (χ1) is 14.7. The first-order valence-corrected chi connectivity index (χ1v) is 9.98. The highest BCUT2D eigenvalue weighted by Crippen LogP contribution is 2.27. The Morgan fingerprint density at radius 2 is 1.10 bits per heavy atom. The van der Waals surface area contributed by atoms with Crippen molar-refractivity contribution in [1.82, 2.24) is 0 Å². The highest BCUT2D eigenvalue weighted by Gasteiger charge is 2.12. The summed E-state index contributed by atoms with van der Waals surface area (Å²) >= 11 is 0. The van der Waals surface area contributed by atoms with Crippen molar-refractivity contribution in [2.45, 2.75) is 51.5 Å². The van der Waals surface area contributed by atoms with Crippen molar-refractivity contribution in [3.05, 3.63) is 70.8 Å². The Labute approximate surface area is 181 Å². The van der Waals surface area contributed by atoms with E-state index in [2.05, 4.69) is 0 Å². The molecular formula is C24H30O7. The van der Waals surface area contributed by atoms with Gasteiger partial charge in [0.25, 0.3) is 0 Å². The van der Waals surface area contributed by atoms with Gasteiger partial charge in [0.15, 0.2) is 0 Å². The van der Waals surface area contributed by atoms with Crippen LogP contribution in [0.3, 0.4) is 0 Å². The van der Waals surface area contributed by atoms with Gasteiger partial charge in [-0.05, 0) is 37.1 Å². The van der Waals surface area contributed by atoms with Gasteiger partial charge in [0.05, 0.1) is 37.6 Å². The summed E-state index contributed by atoms with van der Waals surface area (Å²) in [4.78, 5) is 0. The fraction of sp³-hybridized carbons (Fsp3) is 0.333. The standard InChI is InChI=1S/C24H30O7/c1-15(25)21(27)11-9-17-5-3-7-23(29)19(17)13-31-14-20-18(6-4-8-24(20)30)10-12-22(28)16(2)26/h3-12,15-16,21-22,25-30H,13-14H2,1-2H3. The monoisotopic (exact) mass is 430 g/mol. The molecule has 0 heterocycles. The molecule has 0 bridgehead atoms. The van der Waals surface area contributed by atoms with Gasteiger partial charge in [-0.25, -0.2) is 0 Å². The molecule has 0 fully saturated rings. The molecule has 7 heteroatoms. The molecule has 0 spiro atoms. The summed E-state index contributed by atoms with van der Waals surface area (Å²) in [7, 11) is 0. The molecule has 31 heavy (non-hydrogen) atoms. The molecule has 0 radical (unpaired) electrons. The minimum absolute atomic E-state index is 0.0196. The van der Waals surface area contributed by atoms with Gasteiger partial charge in [-0.2, -0.15) is 0 Å². The van der Waals surface area contributed by atoms with Crippen LogP contribution in [-0.2, 0) is 18.0 Å². The molecule has 0 amide bonds. The number of phenols is 2. The molecule has 0 aromatic heterocycles. The predicted octanol–water partition coefficient (Wildman–Crippen LogP) is 2.32. The summed E-state index contributed by atoms with van der Waals surface area (Å²) in [5, 5.41) is 58.8. The lowest BCUT2D eigenvalue weighted by atomic mass is 10.0. The molecule has 0 saturated heterocycles. The van der Waals surface area contributed by atoms with Gasteiger partial charge in [-0.3, -0.25) is 0 Å². The fourth-order valence-corrected chi connectivity index (χ4v) is 2.79. The third kappa shape index (κ3) is 7.20. The van der Waals surface area contributed by atoms with E-state index in [0.717, 1.165) is 0 Å². The summed E-state index contributed by atoms with van der Waals surface area (Å²) in [6.07, 6.45) is 2.14. The number of benzene rings is 2. The lowest BCUT2D eigenvalue weighted by Gasteiger charge is -2.13. The van der Waals surface area contributed by atoms with Gasteiger partial charge >= 0.3 is 0 Å². The first-order valence-electron chi connectivity index (χ1n) is 9.98. The van der Waals surface area contributed by atoms with Gasteiger partial charge in [0.1, 0.15) is 11.5 Å². The number of hydrogen-bond acceptors (Lipinski definition) is 7. The summed E-state index contributed by atoms with van der Waals surface area (Å²) in [5.41, 5.74) is 2.23. The van der Waals surface area contributed by atoms with Gasteiger partial charge in [-0.15, -0.1) is 0 Å². The normalized spacial score (nSPS) is 15.9. The topological polar surface area (TPSA) is 131 Å². The van der Waals surface area contributed by atoms with Crippen LogP contribution in [0.25, 0.3) is 12.2 Å². The van der Waals surface area contributed by atoms with Crippen molar-refractivity contribution in [3.8, 4) is 11.5 Å². The number of aliphatic hydroxyl groups is 4. The molecule has 2 aromatic rings. The molecule has 0 aliphatic rings. The van der Waals surface area contributed by atoms with Crippen LogP contribution >= 0.6 is 0 Å². The van der Waals surface area contributed by atoms with Crippen LogP contribution in [-0.4, -0.2) is 55.1 Å². The summed E-state index contributed by atoms with van der Waals surface area (Å²) < 4.78 is 5.75. The highest BCUT2D eigenvalue weighted by atomic mass is 16.5. The molecular weight excluding hydrogens is 400 g/mol. The van der Waals surface area contributed by atoms with Crippen molar-refractivity contribution in [1.29, 1.82) is 0 Å². The minimum atomic E-state index is -1.04. The Morgan fingerprint density at radius 1 is 0.710 bits per heavy atom. The maximum absolute atomic E-state index is 10.2. The lowest BCUT2D eigenvalue weighted by Crippen LogP contribution is -2.19. The van der Waals surface area contributed by atoms with E-state index < -0.39 is 24.4 Å². The van der Waals surface area contributed by atoms with Crippen LogP contribution in [0.4, 0.5) is 0 Å². The Bertz CT molecular complexity index is 829. The summed E-state index contributed by atoms with van der Waals surface area (Å²) in [6, 6.07) is 9.85. The van der Waals surface area contributed by atoms with Gasteiger partial charge < -0.3 is 35.4 Å². The lowest BCUT2D eigenvalue weighted by molar-refractivity contribution is 0.0624. The van der Waals surface area contributed by atoms with Crippen LogP contribution in [0.1, 0.15) is 36.1 Å². The molecule has 0 aliphatic heterocycles. The highest BCUT2D eigenvalue weighted by molar-refractivity contribution is 5.59. The Kier molecular flexibility index (Phi) is 9.23. The van der Waals surface area contributed by atoms with Gasteiger partial charge in [0, 0.05) is 11.1 Å². The van der Waals surface area contributed by atoms with E-state index in [4.69, 9.17) is 4.74 Å². The molecule has 4 unspecified atom stereocenters. The maximum Gasteiger partial charge on any atom is 0.121 e. The van der Waals surface area contributed by atoms with E-state index >= 15 is 0 Å². The molecule has 7 nitrogen and oxygen atoms in total. The smallest absolute Gasteiger partial charge is 0.121 e. The SMILES string of the molecule is CC(O)C(O)C=Cc1cccc(O)c1COCc1c(O)cccc1C=CC(O)C(C)O. The van der Waals surface area contributed by atoms with Gasteiger partial charge in [0.2, 0.25) is 0 Å². The predicted molar refractivity (Wildman–Crippen MR) is 118 cm³/mol. The second kappa shape index (κ2) is 11.6. The largest absolute Gasteiger partial charge is 0.508 e. The van der Waals surface area contributed by atoms with Crippen molar-refractivity contribution in [3.63, 3.8) is 0 Å². The Balaban J connectivity index is 2.16. The molecule has 2 rings (SSSR count). The van der Waals surface area contributed by atoms with Crippen molar-refractivity contribution < 1.29 is 35.4 Å². The van der Waals surface area contributed by atoms with E-state index in [0.29, 0.717) is 22.3 Å². The number of aromatic hydroxyl groups is 2. The first kappa shape index (κ1) is 24.6. The molecule has 6 N–H and O–H groups in total.